The second-order valence-electron chi connectivity index (χ2n) is 6.69. The van der Waals surface area contributed by atoms with E-state index in [0.717, 1.165) is 38.3 Å². The molecular weight excluding hydrogens is 343 g/mol. The zero-order chi connectivity index (χ0) is 19.1. The van der Waals surface area contributed by atoms with Crippen LogP contribution < -0.4 is 4.74 Å². The number of rotatable bonds is 5. The molecule has 2 aromatic carbocycles. The van der Waals surface area contributed by atoms with E-state index in [1.165, 1.54) is 23.8 Å². The number of benzene rings is 2. The lowest BCUT2D eigenvalue weighted by Crippen LogP contribution is -2.34. The lowest BCUT2D eigenvalue weighted by atomic mass is 10.2. The lowest BCUT2D eigenvalue weighted by Gasteiger charge is -2.21. The topological polar surface area (TPSA) is 32.8 Å². The third-order valence-electron chi connectivity index (χ3n) is 4.73. The predicted molar refractivity (Wildman–Crippen MR) is 105 cm³/mol. The fraction of sp³-hybridized carbons (Fsp3) is 0.318. The Morgan fingerprint density at radius 2 is 1.93 bits per heavy atom. The minimum absolute atomic E-state index is 0.0226. The van der Waals surface area contributed by atoms with Crippen molar-refractivity contribution in [1.29, 1.82) is 0 Å². The fourth-order valence-corrected chi connectivity index (χ4v) is 3.22. The average Bonchev–Trinajstić information content (AvgIpc) is 2.92. The first-order chi connectivity index (χ1) is 13.1. The summed E-state index contributed by atoms with van der Waals surface area (Å²) in [7, 11) is 1.66. The number of halogens is 1. The van der Waals surface area contributed by atoms with E-state index in [1.807, 2.05) is 17.0 Å². The minimum Gasteiger partial charge on any atom is -0.497 e. The molecule has 0 atom stereocenters. The van der Waals surface area contributed by atoms with E-state index in [2.05, 4.69) is 17.0 Å². The zero-order valence-electron chi connectivity index (χ0n) is 15.6. The van der Waals surface area contributed by atoms with E-state index in [0.29, 0.717) is 12.1 Å². The third kappa shape index (κ3) is 5.66. The molecule has 1 aliphatic rings. The number of hydrogen-bond donors (Lipinski definition) is 0. The van der Waals surface area contributed by atoms with E-state index < -0.39 is 0 Å². The highest BCUT2D eigenvalue weighted by Crippen LogP contribution is 2.14. The standard InChI is InChI=1S/C22H25FN2O2/c1-27-21-9-6-19(7-10-21)17-24-12-3-13-25(15-14-24)22(26)11-8-18-4-2-5-20(23)16-18/h2,4-11,16H,3,12-15,17H2,1H3/b11-8+. The summed E-state index contributed by atoms with van der Waals surface area (Å²) in [4.78, 5) is 16.7. The van der Waals surface area contributed by atoms with Crippen molar-refractivity contribution in [2.24, 2.45) is 0 Å². The molecule has 0 aromatic heterocycles. The van der Waals surface area contributed by atoms with Gasteiger partial charge < -0.3 is 9.64 Å². The normalized spacial score (nSPS) is 15.7. The maximum Gasteiger partial charge on any atom is 0.246 e. The van der Waals surface area contributed by atoms with Crippen LogP contribution in [0.15, 0.2) is 54.6 Å². The smallest absolute Gasteiger partial charge is 0.246 e. The van der Waals surface area contributed by atoms with Crippen LogP contribution in [-0.4, -0.2) is 49.0 Å². The molecule has 5 heteroatoms. The number of hydrogen-bond acceptors (Lipinski definition) is 3. The van der Waals surface area contributed by atoms with Crippen LogP contribution in [-0.2, 0) is 11.3 Å². The molecule has 1 fully saturated rings. The molecule has 0 unspecified atom stereocenters. The van der Waals surface area contributed by atoms with Crippen molar-refractivity contribution in [1.82, 2.24) is 9.80 Å². The molecule has 0 saturated carbocycles. The van der Waals surface area contributed by atoms with E-state index in [-0.39, 0.29) is 11.7 Å². The van der Waals surface area contributed by atoms with Gasteiger partial charge in [-0.15, -0.1) is 0 Å². The summed E-state index contributed by atoms with van der Waals surface area (Å²) >= 11 is 0. The van der Waals surface area contributed by atoms with Crippen LogP contribution >= 0.6 is 0 Å². The van der Waals surface area contributed by atoms with E-state index in [4.69, 9.17) is 4.74 Å². The number of amides is 1. The van der Waals surface area contributed by atoms with Crippen molar-refractivity contribution in [3.8, 4) is 5.75 Å². The van der Waals surface area contributed by atoms with Gasteiger partial charge in [-0.3, -0.25) is 9.69 Å². The van der Waals surface area contributed by atoms with Gasteiger partial charge in [0.1, 0.15) is 11.6 Å². The summed E-state index contributed by atoms with van der Waals surface area (Å²) in [5, 5.41) is 0. The van der Waals surface area contributed by atoms with Crippen LogP contribution in [0.5, 0.6) is 5.75 Å². The molecule has 1 aliphatic heterocycles. The molecule has 1 heterocycles. The van der Waals surface area contributed by atoms with Crippen LogP contribution in [0.25, 0.3) is 6.08 Å². The van der Waals surface area contributed by atoms with Gasteiger partial charge in [0, 0.05) is 38.8 Å². The highest BCUT2D eigenvalue weighted by Gasteiger charge is 2.17. The number of nitrogens with zero attached hydrogens (tertiary/aromatic N) is 2. The van der Waals surface area contributed by atoms with E-state index in [9.17, 15) is 9.18 Å². The molecule has 1 amide bonds. The largest absolute Gasteiger partial charge is 0.497 e. The summed E-state index contributed by atoms with van der Waals surface area (Å²) in [6.07, 6.45) is 4.15. The molecule has 1 saturated heterocycles. The Hall–Kier alpha value is -2.66. The number of carbonyl (C=O) groups is 1. The van der Waals surface area contributed by atoms with Crippen LogP contribution in [0.1, 0.15) is 17.5 Å². The molecule has 0 spiro atoms. The Balaban J connectivity index is 1.53. The van der Waals surface area contributed by atoms with Crippen LogP contribution in [0.2, 0.25) is 0 Å². The number of ether oxygens (including phenoxy) is 1. The Kier molecular flexibility index (Phi) is 6.60. The fourth-order valence-electron chi connectivity index (χ4n) is 3.22. The first kappa shape index (κ1) is 19.1. The van der Waals surface area contributed by atoms with Crippen molar-refractivity contribution in [2.75, 3.05) is 33.3 Å². The monoisotopic (exact) mass is 368 g/mol. The van der Waals surface area contributed by atoms with Crippen molar-refractivity contribution in [3.05, 3.63) is 71.6 Å². The first-order valence-electron chi connectivity index (χ1n) is 9.22. The van der Waals surface area contributed by atoms with Crippen molar-refractivity contribution in [3.63, 3.8) is 0 Å². The Labute approximate surface area is 159 Å². The van der Waals surface area contributed by atoms with Crippen molar-refractivity contribution in [2.45, 2.75) is 13.0 Å². The summed E-state index contributed by atoms with van der Waals surface area (Å²) in [5.74, 6) is 0.538. The quantitative estimate of drug-likeness (QED) is 0.757. The highest BCUT2D eigenvalue weighted by molar-refractivity contribution is 5.91. The molecule has 142 valence electrons. The highest BCUT2D eigenvalue weighted by atomic mass is 19.1. The van der Waals surface area contributed by atoms with Crippen LogP contribution in [0.3, 0.4) is 0 Å². The van der Waals surface area contributed by atoms with E-state index in [1.54, 1.807) is 25.3 Å². The van der Waals surface area contributed by atoms with Gasteiger partial charge >= 0.3 is 0 Å². The van der Waals surface area contributed by atoms with Crippen molar-refractivity contribution < 1.29 is 13.9 Å². The average molecular weight is 368 g/mol. The number of carbonyl (C=O) groups excluding carboxylic acids is 1. The maximum absolute atomic E-state index is 13.2. The van der Waals surface area contributed by atoms with Gasteiger partial charge in [0.15, 0.2) is 0 Å². The van der Waals surface area contributed by atoms with Crippen LogP contribution in [0, 0.1) is 5.82 Å². The molecule has 2 aromatic rings. The molecule has 0 bridgehead atoms. The SMILES string of the molecule is COc1ccc(CN2CCCN(C(=O)/C=C/c3cccc(F)c3)CC2)cc1. The van der Waals surface area contributed by atoms with Gasteiger partial charge in [-0.2, -0.15) is 0 Å². The second-order valence-corrected chi connectivity index (χ2v) is 6.69. The Morgan fingerprint density at radius 3 is 2.67 bits per heavy atom. The first-order valence-corrected chi connectivity index (χ1v) is 9.22. The summed E-state index contributed by atoms with van der Waals surface area (Å²) in [6, 6.07) is 14.3. The molecule has 0 radical (unpaired) electrons. The summed E-state index contributed by atoms with van der Waals surface area (Å²) in [6.45, 7) is 4.11. The van der Waals surface area contributed by atoms with Crippen molar-refractivity contribution >= 4 is 12.0 Å². The second kappa shape index (κ2) is 9.33. The van der Waals surface area contributed by atoms with Gasteiger partial charge in [-0.1, -0.05) is 24.3 Å². The molecule has 4 nitrogen and oxygen atoms in total. The predicted octanol–water partition coefficient (Wildman–Crippen LogP) is 3.58. The zero-order valence-corrected chi connectivity index (χ0v) is 15.6. The minimum atomic E-state index is -0.298. The third-order valence-corrected chi connectivity index (χ3v) is 4.73. The van der Waals surface area contributed by atoms with Crippen LogP contribution in [0.4, 0.5) is 4.39 Å². The molecule has 3 rings (SSSR count). The maximum atomic E-state index is 13.2. The van der Waals surface area contributed by atoms with E-state index >= 15 is 0 Å². The summed E-state index contributed by atoms with van der Waals surface area (Å²) < 4.78 is 18.4. The Bertz CT molecular complexity index is 789. The Morgan fingerprint density at radius 1 is 1.11 bits per heavy atom. The molecule has 0 aliphatic carbocycles. The van der Waals surface area contributed by atoms with Gasteiger partial charge in [-0.25, -0.2) is 4.39 Å². The van der Waals surface area contributed by atoms with Gasteiger partial charge in [-0.05, 0) is 47.9 Å². The molecule has 0 N–H and O–H groups in total. The summed E-state index contributed by atoms with van der Waals surface area (Å²) in [5.41, 5.74) is 1.93. The number of methoxy groups -OCH3 is 1. The van der Waals surface area contributed by atoms with Gasteiger partial charge in [0.05, 0.1) is 7.11 Å². The molecular formula is C22H25FN2O2. The lowest BCUT2D eigenvalue weighted by molar-refractivity contribution is -0.125. The molecule has 27 heavy (non-hydrogen) atoms. The van der Waals surface area contributed by atoms with Gasteiger partial charge in [0.25, 0.3) is 0 Å². The van der Waals surface area contributed by atoms with Gasteiger partial charge in [0.2, 0.25) is 5.91 Å².